The van der Waals surface area contributed by atoms with E-state index < -0.39 is 5.41 Å². The van der Waals surface area contributed by atoms with Crippen LogP contribution in [0.2, 0.25) is 0 Å². The zero-order valence-corrected chi connectivity index (χ0v) is 14.0. The topological polar surface area (TPSA) is 70.3 Å². The highest BCUT2D eigenvalue weighted by molar-refractivity contribution is 14.1. The first-order valence-corrected chi connectivity index (χ1v) is 7.01. The first kappa shape index (κ1) is 16.5. The van der Waals surface area contributed by atoms with Crippen LogP contribution in [0, 0.1) is 20.3 Å². The van der Waals surface area contributed by atoms with Crippen molar-refractivity contribution in [3.63, 3.8) is 0 Å². The molecule has 1 aromatic rings. The Morgan fingerprint density at radius 1 is 1.45 bits per heavy atom. The van der Waals surface area contributed by atoms with Gasteiger partial charge in [-0.25, -0.2) is 0 Å². The first-order valence-electron chi connectivity index (χ1n) is 5.93. The van der Waals surface area contributed by atoms with Gasteiger partial charge in [0.25, 0.3) is 0 Å². The normalized spacial score (nSPS) is 11.9. The maximum atomic E-state index is 12.1. The number of nitriles is 1. The third kappa shape index (κ3) is 3.73. The Morgan fingerprint density at radius 3 is 2.50 bits per heavy atom. The maximum Gasteiger partial charge on any atom is 0.178 e. The maximum absolute atomic E-state index is 12.1. The van der Waals surface area contributed by atoms with E-state index >= 15 is 0 Å². The van der Waals surface area contributed by atoms with Gasteiger partial charge in [-0.3, -0.25) is 4.79 Å². The van der Waals surface area contributed by atoms with Gasteiger partial charge in [0.1, 0.15) is 6.07 Å². The Balaban J connectivity index is 3.32. The van der Waals surface area contributed by atoms with Gasteiger partial charge in [0.15, 0.2) is 17.3 Å². The molecule has 106 valence electrons. The highest BCUT2D eigenvalue weighted by Crippen LogP contribution is 2.33. The van der Waals surface area contributed by atoms with Gasteiger partial charge in [-0.05, 0) is 46.4 Å². The largest absolute Gasteiger partial charge is 0.504 e. The molecule has 1 aromatic carbocycles. The van der Waals surface area contributed by atoms with E-state index in [-0.39, 0.29) is 17.1 Å². The third-order valence-corrected chi connectivity index (χ3v) is 3.45. The summed E-state index contributed by atoms with van der Waals surface area (Å²) in [6.07, 6.45) is 1.51. The molecule has 0 radical (unpaired) electrons. The van der Waals surface area contributed by atoms with E-state index in [4.69, 9.17) is 10.00 Å². The summed E-state index contributed by atoms with van der Waals surface area (Å²) in [5, 5.41) is 18.9. The van der Waals surface area contributed by atoms with Gasteiger partial charge in [0.2, 0.25) is 0 Å². The van der Waals surface area contributed by atoms with Gasteiger partial charge >= 0.3 is 0 Å². The van der Waals surface area contributed by atoms with Crippen molar-refractivity contribution >= 4 is 34.5 Å². The Hall–Kier alpha value is -1.55. The number of ether oxygens (including phenoxy) is 1. The number of carbonyl (C=O) groups is 1. The van der Waals surface area contributed by atoms with Gasteiger partial charge in [0.05, 0.1) is 16.3 Å². The number of phenols is 1. The summed E-state index contributed by atoms with van der Waals surface area (Å²) in [4.78, 5) is 12.1. The molecular weight excluding hydrogens is 369 g/mol. The molecule has 0 aliphatic rings. The monoisotopic (exact) mass is 385 g/mol. The predicted octanol–water partition coefficient (Wildman–Crippen LogP) is 3.53. The second kappa shape index (κ2) is 6.27. The number of rotatable bonds is 3. The van der Waals surface area contributed by atoms with Crippen LogP contribution in [-0.4, -0.2) is 18.0 Å². The number of hydrogen-bond acceptors (Lipinski definition) is 4. The van der Waals surface area contributed by atoms with E-state index in [0.29, 0.717) is 14.9 Å². The average Bonchev–Trinajstić information content (AvgIpc) is 2.37. The molecule has 0 spiro atoms. The molecule has 1 N–H and O–H groups in total. The molecule has 5 heteroatoms. The van der Waals surface area contributed by atoms with Crippen molar-refractivity contribution in [1.82, 2.24) is 0 Å². The number of aromatic hydroxyl groups is 1. The zero-order chi connectivity index (χ0) is 15.5. The molecule has 0 heterocycles. The van der Waals surface area contributed by atoms with Gasteiger partial charge in [-0.1, -0.05) is 20.8 Å². The van der Waals surface area contributed by atoms with Crippen LogP contribution in [0.1, 0.15) is 26.3 Å². The van der Waals surface area contributed by atoms with Crippen molar-refractivity contribution in [3.05, 3.63) is 26.8 Å². The van der Waals surface area contributed by atoms with Crippen molar-refractivity contribution < 1.29 is 14.6 Å². The lowest BCUT2D eigenvalue weighted by Crippen LogP contribution is -2.21. The molecule has 0 saturated carbocycles. The number of nitrogens with zero attached hydrogens (tertiary/aromatic N) is 1. The van der Waals surface area contributed by atoms with Gasteiger partial charge in [-0.2, -0.15) is 5.26 Å². The molecule has 4 nitrogen and oxygen atoms in total. The number of methoxy groups -OCH3 is 1. The summed E-state index contributed by atoms with van der Waals surface area (Å²) in [5.41, 5.74) is 0.106. The van der Waals surface area contributed by atoms with E-state index in [9.17, 15) is 9.90 Å². The summed E-state index contributed by atoms with van der Waals surface area (Å²) in [6.45, 7) is 5.30. The minimum atomic E-state index is -0.615. The number of hydrogen-bond donors (Lipinski definition) is 1. The van der Waals surface area contributed by atoms with Crippen molar-refractivity contribution in [2.45, 2.75) is 20.8 Å². The van der Waals surface area contributed by atoms with Crippen molar-refractivity contribution in [3.8, 4) is 17.6 Å². The van der Waals surface area contributed by atoms with E-state index in [2.05, 4.69) is 0 Å². The fourth-order valence-electron chi connectivity index (χ4n) is 1.55. The minimum Gasteiger partial charge on any atom is -0.504 e. The molecule has 0 bridgehead atoms. The van der Waals surface area contributed by atoms with Crippen LogP contribution in [0.4, 0.5) is 0 Å². The summed E-state index contributed by atoms with van der Waals surface area (Å²) < 4.78 is 5.65. The smallest absolute Gasteiger partial charge is 0.178 e. The second-order valence-corrected chi connectivity index (χ2v) is 6.46. The predicted molar refractivity (Wildman–Crippen MR) is 85.4 cm³/mol. The first-order chi connectivity index (χ1) is 9.20. The fraction of sp³-hybridized carbons (Fsp3) is 0.333. The molecule has 0 fully saturated rings. The van der Waals surface area contributed by atoms with Crippen LogP contribution in [0.3, 0.4) is 0 Å². The molecule has 0 unspecified atom stereocenters. The van der Waals surface area contributed by atoms with Crippen LogP contribution in [0.25, 0.3) is 6.08 Å². The van der Waals surface area contributed by atoms with Crippen molar-refractivity contribution in [2.24, 2.45) is 5.41 Å². The molecule has 0 amide bonds. The number of carbonyl (C=O) groups excluding carboxylic acids is 1. The third-order valence-electron chi connectivity index (χ3n) is 2.63. The standard InChI is InChI=1S/C15H16INO3/c1-15(2,3)14(19)10(8-17)5-9-6-11(16)13(18)12(7-9)20-4/h5-7,18H,1-4H3/b10-5+. The molecular formula is C15H16INO3. The van der Waals surface area contributed by atoms with Crippen LogP contribution >= 0.6 is 22.6 Å². The SMILES string of the molecule is COc1cc(/C=C(\C#N)C(=O)C(C)(C)C)cc(I)c1O. The molecule has 0 aliphatic carbocycles. The number of benzene rings is 1. The van der Waals surface area contributed by atoms with E-state index in [0.717, 1.165) is 0 Å². The van der Waals surface area contributed by atoms with E-state index in [1.54, 1.807) is 32.9 Å². The van der Waals surface area contributed by atoms with Crippen molar-refractivity contribution in [1.29, 1.82) is 5.26 Å². The Kier molecular flexibility index (Phi) is 5.17. The zero-order valence-electron chi connectivity index (χ0n) is 11.8. The fourth-order valence-corrected chi connectivity index (χ4v) is 2.18. The summed E-state index contributed by atoms with van der Waals surface area (Å²) in [5.74, 6) is 0.136. The van der Waals surface area contributed by atoms with Gasteiger partial charge in [0, 0.05) is 5.41 Å². The summed E-state index contributed by atoms with van der Waals surface area (Å²) >= 11 is 1.96. The van der Waals surface area contributed by atoms with Crippen LogP contribution < -0.4 is 4.74 Å². The molecule has 0 saturated heterocycles. The highest BCUT2D eigenvalue weighted by atomic mass is 127. The highest BCUT2D eigenvalue weighted by Gasteiger charge is 2.25. The average molecular weight is 385 g/mol. The lowest BCUT2D eigenvalue weighted by Gasteiger charge is -2.15. The Morgan fingerprint density at radius 2 is 2.05 bits per heavy atom. The Bertz CT molecular complexity index is 607. The minimum absolute atomic E-state index is 0.0471. The summed E-state index contributed by atoms with van der Waals surface area (Å²) in [7, 11) is 1.45. The number of phenolic OH excluding ortho intramolecular Hbond substituents is 1. The number of allylic oxidation sites excluding steroid dienone is 1. The van der Waals surface area contributed by atoms with Crippen LogP contribution in [0.5, 0.6) is 11.5 Å². The van der Waals surface area contributed by atoms with Crippen LogP contribution in [-0.2, 0) is 4.79 Å². The molecule has 0 atom stereocenters. The number of Topliss-reactive ketones (excluding diaryl/α,β-unsaturated/α-hetero) is 1. The van der Waals surface area contributed by atoms with Crippen LogP contribution in [0.15, 0.2) is 17.7 Å². The van der Waals surface area contributed by atoms with E-state index in [1.807, 2.05) is 28.7 Å². The number of ketones is 1. The van der Waals surface area contributed by atoms with Gasteiger partial charge < -0.3 is 9.84 Å². The Labute approximate surface area is 132 Å². The summed E-state index contributed by atoms with van der Waals surface area (Å²) in [6, 6.07) is 5.21. The molecule has 0 aliphatic heterocycles. The molecule has 1 rings (SSSR count). The van der Waals surface area contributed by atoms with E-state index in [1.165, 1.54) is 13.2 Å². The van der Waals surface area contributed by atoms with Crippen molar-refractivity contribution in [2.75, 3.05) is 7.11 Å². The quantitative estimate of drug-likeness (QED) is 0.491. The molecule has 0 aromatic heterocycles. The molecule has 20 heavy (non-hydrogen) atoms. The lowest BCUT2D eigenvalue weighted by molar-refractivity contribution is -0.121. The number of halogens is 1. The van der Waals surface area contributed by atoms with Gasteiger partial charge in [-0.15, -0.1) is 0 Å². The second-order valence-electron chi connectivity index (χ2n) is 5.30. The lowest BCUT2D eigenvalue weighted by atomic mass is 9.86.